The zero-order valence-corrected chi connectivity index (χ0v) is 16.3. The summed E-state index contributed by atoms with van der Waals surface area (Å²) in [6.45, 7) is 10.8. The topological polar surface area (TPSA) is 60.0 Å². The van der Waals surface area contributed by atoms with E-state index in [1.54, 1.807) is 12.1 Å². The van der Waals surface area contributed by atoms with Gasteiger partial charge in [0, 0.05) is 18.7 Å². The Morgan fingerprint density at radius 1 is 1.04 bits per heavy atom. The van der Waals surface area contributed by atoms with Gasteiger partial charge in [-0.2, -0.15) is 0 Å². The highest BCUT2D eigenvalue weighted by Crippen LogP contribution is 2.39. The van der Waals surface area contributed by atoms with Crippen LogP contribution in [0.4, 0.5) is 0 Å². The van der Waals surface area contributed by atoms with Crippen LogP contribution in [-0.2, 0) is 0 Å². The van der Waals surface area contributed by atoms with Gasteiger partial charge in [0.15, 0.2) is 11.5 Å². The van der Waals surface area contributed by atoms with Crippen molar-refractivity contribution < 1.29 is 19.0 Å². The van der Waals surface area contributed by atoms with E-state index in [4.69, 9.17) is 14.2 Å². The predicted molar refractivity (Wildman–Crippen MR) is 100 cm³/mol. The van der Waals surface area contributed by atoms with Crippen LogP contribution in [0.2, 0.25) is 0 Å². The molecule has 0 aliphatic heterocycles. The van der Waals surface area contributed by atoms with Crippen molar-refractivity contribution in [1.29, 1.82) is 0 Å². The van der Waals surface area contributed by atoms with E-state index < -0.39 is 0 Å². The highest BCUT2D eigenvalue weighted by Gasteiger charge is 2.18. The molecule has 1 aromatic rings. The molecule has 1 atom stereocenters. The Kier molecular flexibility index (Phi) is 9.13. The van der Waals surface area contributed by atoms with Gasteiger partial charge in [0.1, 0.15) is 0 Å². The average molecular weight is 352 g/mol. The molecule has 0 heterocycles. The van der Waals surface area contributed by atoms with Crippen molar-refractivity contribution in [3.05, 3.63) is 17.7 Å². The first-order valence-corrected chi connectivity index (χ1v) is 8.92. The molecule has 25 heavy (non-hydrogen) atoms. The van der Waals surface area contributed by atoms with Crippen molar-refractivity contribution in [2.45, 2.75) is 27.7 Å². The number of nitrogens with one attached hydrogen (secondary N) is 1. The van der Waals surface area contributed by atoms with Crippen molar-refractivity contribution >= 4 is 5.91 Å². The molecule has 1 unspecified atom stereocenters. The van der Waals surface area contributed by atoms with E-state index in [0.29, 0.717) is 55.1 Å². The second-order valence-corrected chi connectivity index (χ2v) is 6.18. The number of hydrogen-bond donors (Lipinski definition) is 1. The standard InChI is InChI=1S/C19H32N2O4/c1-7-23-16-10-15(11-17(24-8-2)18(16)25-9-3)19(22)20-12-14(4)13-21(5)6/h10-11,14H,7-9,12-13H2,1-6H3,(H,20,22). The van der Waals surface area contributed by atoms with Crippen LogP contribution in [-0.4, -0.2) is 57.8 Å². The molecule has 0 aliphatic carbocycles. The molecule has 0 spiro atoms. The largest absolute Gasteiger partial charge is 0.490 e. The lowest BCUT2D eigenvalue weighted by Crippen LogP contribution is -2.32. The van der Waals surface area contributed by atoms with Gasteiger partial charge in [-0.05, 0) is 52.9 Å². The highest BCUT2D eigenvalue weighted by molar-refractivity contribution is 5.95. The number of nitrogens with zero attached hydrogens (tertiary/aromatic N) is 1. The number of carbonyl (C=O) groups is 1. The minimum atomic E-state index is -0.143. The smallest absolute Gasteiger partial charge is 0.251 e. The maximum Gasteiger partial charge on any atom is 0.251 e. The molecule has 0 aliphatic rings. The lowest BCUT2D eigenvalue weighted by molar-refractivity contribution is 0.0944. The first kappa shape index (κ1) is 21.1. The molecular formula is C19H32N2O4. The Hall–Kier alpha value is -1.95. The SMILES string of the molecule is CCOc1cc(C(=O)NCC(C)CN(C)C)cc(OCC)c1OCC. The molecule has 0 aromatic heterocycles. The van der Waals surface area contributed by atoms with Crippen LogP contribution >= 0.6 is 0 Å². The van der Waals surface area contributed by atoms with Crippen molar-refractivity contribution in [1.82, 2.24) is 10.2 Å². The quantitative estimate of drug-likeness (QED) is 0.664. The molecule has 1 aromatic carbocycles. The monoisotopic (exact) mass is 352 g/mol. The van der Waals surface area contributed by atoms with Gasteiger partial charge in [-0.15, -0.1) is 0 Å². The third kappa shape index (κ3) is 6.82. The molecule has 0 saturated heterocycles. The van der Waals surface area contributed by atoms with E-state index in [2.05, 4.69) is 17.1 Å². The van der Waals surface area contributed by atoms with Crippen LogP contribution in [0.3, 0.4) is 0 Å². The Morgan fingerprint density at radius 3 is 2.00 bits per heavy atom. The van der Waals surface area contributed by atoms with Crippen LogP contribution in [0.25, 0.3) is 0 Å². The second-order valence-electron chi connectivity index (χ2n) is 6.18. The fraction of sp³-hybridized carbons (Fsp3) is 0.632. The number of benzene rings is 1. The number of hydrogen-bond acceptors (Lipinski definition) is 5. The second kappa shape index (κ2) is 10.8. The van der Waals surface area contributed by atoms with E-state index in [9.17, 15) is 4.79 Å². The van der Waals surface area contributed by atoms with E-state index in [0.717, 1.165) is 6.54 Å². The normalized spacial score (nSPS) is 12.0. The lowest BCUT2D eigenvalue weighted by Gasteiger charge is -2.19. The summed E-state index contributed by atoms with van der Waals surface area (Å²) in [6.07, 6.45) is 0. The fourth-order valence-corrected chi connectivity index (χ4v) is 2.58. The molecule has 0 fully saturated rings. The molecule has 1 amide bonds. The van der Waals surface area contributed by atoms with Gasteiger partial charge in [-0.3, -0.25) is 4.79 Å². The minimum absolute atomic E-state index is 0.143. The van der Waals surface area contributed by atoms with Crippen LogP contribution in [0.15, 0.2) is 12.1 Å². The first-order chi connectivity index (χ1) is 11.9. The molecule has 6 heteroatoms. The Morgan fingerprint density at radius 2 is 1.56 bits per heavy atom. The summed E-state index contributed by atoms with van der Waals surface area (Å²) in [5.41, 5.74) is 0.507. The van der Waals surface area contributed by atoms with Gasteiger partial charge >= 0.3 is 0 Å². The summed E-state index contributed by atoms with van der Waals surface area (Å²) in [7, 11) is 4.04. The summed E-state index contributed by atoms with van der Waals surface area (Å²) in [6, 6.07) is 3.42. The molecule has 6 nitrogen and oxygen atoms in total. The Balaban J connectivity index is 2.99. The van der Waals surface area contributed by atoms with Gasteiger partial charge in [-0.1, -0.05) is 6.92 Å². The summed E-state index contributed by atoms with van der Waals surface area (Å²) in [5, 5.41) is 2.98. The lowest BCUT2D eigenvalue weighted by atomic mass is 10.1. The van der Waals surface area contributed by atoms with Crippen LogP contribution in [0.1, 0.15) is 38.1 Å². The summed E-state index contributed by atoms with van der Waals surface area (Å²) >= 11 is 0. The molecule has 1 rings (SSSR count). The molecular weight excluding hydrogens is 320 g/mol. The van der Waals surface area contributed by atoms with Crippen LogP contribution in [0.5, 0.6) is 17.2 Å². The van der Waals surface area contributed by atoms with Crippen LogP contribution in [0, 0.1) is 5.92 Å². The summed E-state index contributed by atoms with van der Waals surface area (Å²) < 4.78 is 17.0. The summed E-state index contributed by atoms with van der Waals surface area (Å²) in [5.74, 6) is 1.82. The molecule has 142 valence electrons. The maximum absolute atomic E-state index is 12.5. The average Bonchev–Trinajstić information content (AvgIpc) is 2.55. The van der Waals surface area contributed by atoms with Gasteiger partial charge in [0.2, 0.25) is 5.75 Å². The Labute approximate surface area is 151 Å². The number of rotatable bonds is 11. The van der Waals surface area contributed by atoms with E-state index >= 15 is 0 Å². The molecule has 0 saturated carbocycles. The zero-order chi connectivity index (χ0) is 18.8. The summed E-state index contributed by atoms with van der Waals surface area (Å²) in [4.78, 5) is 14.6. The van der Waals surface area contributed by atoms with E-state index in [-0.39, 0.29) is 5.91 Å². The van der Waals surface area contributed by atoms with Gasteiger partial charge in [-0.25, -0.2) is 0 Å². The molecule has 1 N–H and O–H groups in total. The molecule has 0 radical (unpaired) electrons. The van der Waals surface area contributed by atoms with Gasteiger partial charge in [0.25, 0.3) is 5.91 Å². The van der Waals surface area contributed by atoms with Crippen LogP contribution < -0.4 is 19.5 Å². The maximum atomic E-state index is 12.5. The van der Waals surface area contributed by atoms with Crippen molar-refractivity contribution in [3.8, 4) is 17.2 Å². The third-order valence-corrected chi connectivity index (χ3v) is 3.46. The fourth-order valence-electron chi connectivity index (χ4n) is 2.58. The van der Waals surface area contributed by atoms with Crippen molar-refractivity contribution in [2.24, 2.45) is 5.92 Å². The van der Waals surface area contributed by atoms with Gasteiger partial charge < -0.3 is 24.4 Å². The highest BCUT2D eigenvalue weighted by atomic mass is 16.5. The molecule has 0 bridgehead atoms. The van der Waals surface area contributed by atoms with Gasteiger partial charge in [0.05, 0.1) is 19.8 Å². The first-order valence-electron chi connectivity index (χ1n) is 8.92. The number of amides is 1. The van der Waals surface area contributed by atoms with E-state index in [1.807, 2.05) is 34.9 Å². The predicted octanol–water partition coefficient (Wildman–Crippen LogP) is 2.81. The number of ether oxygens (including phenoxy) is 3. The third-order valence-electron chi connectivity index (χ3n) is 3.46. The van der Waals surface area contributed by atoms with Crippen molar-refractivity contribution in [3.63, 3.8) is 0 Å². The zero-order valence-electron chi connectivity index (χ0n) is 16.3. The Bertz CT molecular complexity index is 519. The minimum Gasteiger partial charge on any atom is -0.490 e. The number of carbonyl (C=O) groups excluding carboxylic acids is 1. The van der Waals surface area contributed by atoms with Crippen molar-refractivity contribution in [2.75, 3.05) is 47.0 Å². The van der Waals surface area contributed by atoms with E-state index in [1.165, 1.54) is 0 Å².